The van der Waals surface area contributed by atoms with Crippen LogP contribution in [0.15, 0.2) is 24.5 Å². The van der Waals surface area contributed by atoms with Crippen LogP contribution in [0, 0.1) is 6.92 Å². The zero-order chi connectivity index (χ0) is 12.5. The molecule has 78 valence electrons. The molecule has 6 radical (unpaired) electrons. The van der Waals surface area contributed by atoms with Crippen molar-refractivity contribution in [2.24, 2.45) is 0 Å². The number of aromatic nitrogens is 4. The standard InChI is InChI=1S/C9H7B3N4O/c1-6-2-3-16(15-6)7-4-8(14-13-5-7)17-9(10,11)12/h2-5H,1H3. The average Bonchev–Trinajstić information content (AvgIpc) is 2.63. The van der Waals surface area contributed by atoms with Crippen molar-refractivity contribution in [3.8, 4) is 11.6 Å². The Kier molecular flexibility index (Phi) is 2.96. The first-order chi connectivity index (χ1) is 7.94. The molecule has 2 heterocycles. The van der Waals surface area contributed by atoms with Crippen molar-refractivity contribution in [2.45, 2.75) is 12.2 Å². The summed E-state index contributed by atoms with van der Waals surface area (Å²) in [5.41, 5.74) is 1.56. The van der Waals surface area contributed by atoms with Crippen LogP contribution in [0.2, 0.25) is 0 Å². The summed E-state index contributed by atoms with van der Waals surface area (Å²) < 4.78 is 6.62. The maximum absolute atomic E-state index is 5.30. The first-order valence-corrected chi connectivity index (χ1v) is 4.85. The van der Waals surface area contributed by atoms with Crippen LogP contribution in [-0.2, 0) is 0 Å². The van der Waals surface area contributed by atoms with Crippen LogP contribution < -0.4 is 4.74 Å². The molecule has 0 spiro atoms. The average molecular weight is 220 g/mol. The van der Waals surface area contributed by atoms with Gasteiger partial charge in [0.1, 0.15) is 23.5 Å². The number of aryl methyl sites for hydroxylation is 1. The van der Waals surface area contributed by atoms with E-state index in [1.807, 2.05) is 13.0 Å². The van der Waals surface area contributed by atoms with E-state index in [0.717, 1.165) is 5.69 Å². The van der Waals surface area contributed by atoms with E-state index in [-0.39, 0.29) is 5.88 Å². The van der Waals surface area contributed by atoms with E-state index in [1.165, 1.54) is 6.20 Å². The van der Waals surface area contributed by atoms with Gasteiger partial charge in [-0.15, -0.1) is 5.10 Å². The van der Waals surface area contributed by atoms with Crippen LogP contribution in [0.1, 0.15) is 5.69 Å². The molecular formula is C9H7B3N4O. The molecule has 5 nitrogen and oxygen atoms in total. The first-order valence-electron chi connectivity index (χ1n) is 4.85. The van der Waals surface area contributed by atoms with Gasteiger partial charge in [-0.3, -0.25) is 0 Å². The number of rotatable bonds is 3. The predicted octanol–water partition coefficient (Wildman–Crippen LogP) is -0.534. The van der Waals surface area contributed by atoms with Gasteiger partial charge in [-0.2, -0.15) is 10.2 Å². The summed E-state index contributed by atoms with van der Waals surface area (Å²) in [5, 5.41) is 9.89. The fourth-order valence-electron chi connectivity index (χ4n) is 1.25. The van der Waals surface area contributed by atoms with E-state index in [9.17, 15) is 0 Å². The van der Waals surface area contributed by atoms with Crippen molar-refractivity contribution in [1.29, 1.82) is 0 Å². The molecule has 17 heavy (non-hydrogen) atoms. The molecule has 0 aliphatic rings. The molecule has 0 amide bonds. The van der Waals surface area contributed by atoms with E-state index < -0.39 is 5.30 Å². The summed E-state index contributed by atoms with van der Waals surface area (Å²) in [7, 11) is 15.9. The van der Waals surface area contributed by atoms with Gasteiger partial charge in [-0.25, -0.2) is 4.68 Å². The number of hydrogen-bond acceptors (Lipinski definition) is 4. The fourth-order valence-corrected chi connectivity index (χ4v) is 1.25. The Hall–Kier alpha value is -1.72. The molecule has 0 atom stereocenters. The van der Waals surface area contributed by atoms with Gasteiger partial charge in [-0.05, 0) is 18.3 Å². The highest BCUT2D eigenvalue weighted by Gasteiger charge is 2.12. The first kappa shape index (κ1) is 11.8. The Morgan fingerprint density at radius 3 is 2.71 bits per heavy atom. The van der Waals surface area contributed by atoms with E-state index in [2.05, 4.69) is 15.3 Å². The number of ether oxygens (including phenoxy) is 1. The second kappa shape index (κ2) is 4.27. The lowest BCUT2D eigenvalue weighted by atomic mass is 9.52. The lowest BCUT2D eigenvalue weighted by Gasteiger charge is -2.21. The molecule has 2 aromatic heterocycles. The summed E-state index contributed by atoms with van der Waals surface area (Å²) in [6.45, 7) is 1.88. The smallest absolute Gasteiger partial charge is 0.233 e. The van der Waals surface area contributed by atoms with Gasteiger partial charge in [0.25, 0.3) is 0 Å². The van der Waals surface area contributed by atoms with Crippen LogP contribution in [0.5, 0.6) is 5.88 Å². The molecule has 2 rings (SSSR count). The van der Waals surface area contributed by atoms with Crippen molar-refractivity contribution in [2.75, 3.05) is 0 Å². The third kappa shape index (κ3) is 3.12. The van der Waals surface area contributed by atoms with E-state index in [4.69, 9.17) is 28.3 Å². The van der Waals surface area contributed by atoms with E-state index >= 15 is 0 Å². The summed E-state index contributed by atoms with van der Waals surface area (Å²) in [6, 6.07) is 3.45. The van der Waals surface area contributed by atoms with Gasteiger partial charge in [-0.1, -0.05) is 0 Å². The maximum atomic E-state index is 5.30. The second-order valence-corrected chi connectivity index (χ2v) is 3.61. The van der Waals surface area contributed by atoms with Gasteiger partial charge >= 0.3 is 0 Å². The monoisotopic (exact) mass is 220 g/mol. The van der Waals surface area contributed by atoms with Crippen LogP contribution in [0.4, 0.5) is 0 Å². The number of nitrogens with zero attached hydrogens (tertiary/aromatic N) is 4. The normalized spacial score (nSPS) is 11.4. The lowest BCUT2D eigenvalue weighted by molar-refractivity contribution is 0.301. The van der Waals surface area contributed by atoms with Gasteiger partial charge in [0.2, 0.25) is 5.88 Å². The van der Waals surface area contributed by atoms with Gasteiger partial charge in [0.05, 0.1) is 17.6 Å². The van der Waals surface area contributed by atoms with Crippen LogP contribution >= 0.6 is 0 Å². The Morgan fingerprint density at radius 1 is 1.35 bits per heavy atom. The third-order valence-corrected chi connectivity index (χ3v) is 1.89. The Balaban J connectivity index is 2.29. The molecule has 0 unspecified atom stereocenters. The minimum absolute atomic E-state index is 0.128. The molecule has 8 heteroatoms. The van der Waals surface area contributed by atoms with E-state index in [1.54, 1.807) is 16.9 Å². The third-order valence-electron chi connectivity index (χ3n) is 1.89. The Labute approximate surface area is 103 Å². The molecule has 0 fully saturated rings. The molecule has 0 aromatic carbocycles. The molecule has 0 bridgehead atoms. The van der Waals surface area contributed by atoms with Crippen LogP contribution in [-0.4, -0.2) is 48.8 Å². The van der Waals surface area contributed by atoms with Crippen molar-refractivity contribution in [3.63, 3.8) is 0 Å². The SMILES string of the molecule is [B]C([B])([B])Oc1cc(-n2ccc(C)n2)cnn1. The van der Waals surface area contributed by atoms with Crippen LogP contribution in [0.3, 0.4) is 0 Å². The maximum Gasteiger partial charge on any atom is 0.233 e. The Morgan fingerprint density at radius 2 is 2.12 bits per heavy atom. The molecule has 2 aromatic rings. The molecule has 0 N–H and O–H groups in total. The minimum atomic E-state index is -1.78. The summed E-state index contributed by atoms with van der Waals surface area (Å²) in [5.74, 6) is 0.128. The van der Waals surface area contributed by atoms with Crippen molar-refractivity contribution in [3.05, 3.63) is 30.2 Å². The van der Waals surface area contributed by atoms with E-state index in [0.29, 0.717) is 5.69 Å². The molecule has 0 aliphatic carbocycles. The van der Waals surface area contributed by atoms with Gasteiger partial charge in [0.15, 0.2) is 0 Å². The summed E-state index contributed by atoms with van der Waals surface area (Å²) >= 11 is 0. The zero-order valence-electron chi connectivity index (χ0n) is 9.24. The lowest BCUT2D eigenvalue weighted by Crippen LogP contribution is -2.37. The highest BCUT2D eigenvalue weighted by Crippen LogP contribution is 2.14. The topological polar surface area (TPSA) is 52.8 Å². The van der Waals surface area contributed by atoms with Crippen molar-refractivity contribution < 1.29 is 4.74 Å². The molecular weight excluding hydrogens is 213 g/mol. The largest absolute Gasteiger partial charge is 0.500 e. The summed E-state index contributed by atoms with van der Waals surface area (Å²) in [6.07, 6.45) is 3.32. The highest BCUT2D eigenvalue weighted by atomic mass is 16.5. The van der Waals surface area contributed by atoms with Gasteiger partial charge < -0.3 is 4.74 Å². The Bertz CT molecular complexity index is 523. The molecule has 0 aliphatic heterocycles. The highest BCUT2D eigenvalue weighted by molar-refractivity contribution is 6.58. The zero-order valence-corrected chi connectivity index (χ0v) is 9.24. The second-order valence-electron chi connectivity index (χ2n) is 3.61. The predicted molar refractivity (Wildman–Crippen MR) is 64.5 cm³/mol. The van der Waals surface area contributed by atoms with Crippen molar-refractivity contribution >= 4 is 23.5 Å². The van der Waals surface area contributed by atoms with Gasteiger partial charge in [0, 0.05) is 12.3 Å². The summed E-state index contributed by atoms with van der Waals surface area (Å²) in [4.78, 5) is 0. The van der Waals surface area contributed by atoms with Crippen molar-refractivity contribution in [1.82, 2.24) is 20.0 Å². The molecule has 0 saturated heterocycles. The fraction of sp³-hybridized carbons (Fsp3) is 0.222. The minimum Gasteiger partial charge on any atom is -0.500 e. The molecule has 0 saturated carbocycles. The quantitative estimate of drug-likeness (QED) is 0.651. The van der Waals surface area contributed by atoms with Crippen LogP contribution in [0.25, 0.3) is 5.69 Å². The number of hydrogen-bond donors (Lipinski definition) is 0.